The van der Waals surface area contributed by atoms with Crippen molar-refractivity contribution in [2.24, 2.45) is 10.8 Å². The molecule has 0 saturated heterocycles. The van der Waals surface area contributed by atoms with Gasteiger partial charge in [-0.25, -0.2) is 5.43 Å². The molecule has 2 aromatic rings. The Balaban J connectivity index is 1.94. The molecule has 9 heteroatoms. The fourth-order valence-electron chi connectivity index (χ4n) is 1.97. The number of para-hydroxylation sites is 1. The number of hydrogen-bond acceptors (Lipinski definition) is 6. The SMILES string of the molecule is COc1cccc(NC(=O)C(=O)N/N=C\c2ccccc2OCC(N)=O)c1. The van der Waals surface area contributed by atoms with Crippen molar-refractivity contribution in [2.45, 2.75) is 0 Å². The summed E-state index contributed by atoms with van der Waals surface area (Å²) in [6.45, 7) is -0.292. The molecular formula is C18H18N4O5. The van der Waals surface area contributed by atoms with Crippen LogP contribution >= 0.6 is 0 Å². The number of rotatable bonds is 7. The number of carbonyl (C=O) groups is 3. The number of carbonyl (C=O) groups excluding carboxylic acids is 3. The summed E-state index contributed by atoms with van der Waals surface area (Å²) in [7, 11) is 1.49. The van der Waals surface area contributed by atoms with Crippen LogP contribution in [-0.2, 0) is 14.4 Å². The van der Waals surface area contributed by atoms with Crippen molar-refractivity contribution in [3.63, 3.8) is 0 Å². The molecule has 2 aromatic carbocycles. The van der Waals surface area contributed by atoms with E-state index in [0.29, 0.717) is 22.7 Å². The molecule has 0 radical (unpaired) electrons. The number of nitrogens with one attached hydrogen (secondary N) is 2. The van der Waals surface area contributed by atoms with Gasteiger partial charge in [0, 0.05) is 17.3 Å². The highest BCUT2D eigenvalue weighted by atomic mass is 16.5. The van der Waals surface area contributed by atoms with E-state index in [9.17, 15) is 14.4 Å². The predicted molar refractivity (Wildman–Crippen MR) is 98.5 cm³/mol. The molecule has 4 N–H and O–H groups in total. The van der Waals surface area contributed by atoms with Crippen molar-refractivity contribution in [3.8, 4) is 11.5 Å². The fraction of sp³-hybridized carbons (Fsp3) is 0.111. The van der Waals surface area contributed by atoms with Crippen molar-refractivity contribution in [3.05, 3.63) is 54.1 Å². The minimum absolute atomic E-state index is 0.292. The molecule has 0 aliphatic carbocycles. The molecule has 0 saturated carbocycles. The zero-order valence-corrected chi connectivity index (χ0v) is 14.5. The molecule has 0 heterocycles. The highest BCUT2D eigenvalue weighted by Crippen LogP contribution is 2.17. The number of nitrogens with two attached hydrogens (primary N) is 1. The van der Waals surface area contributed by atoms with Crippen molar-refractivity contribution in [1.29, 1.82) is 0 Å². The van der Waals surface area contributed by atoms with Gasteiger partial charge in [0.2, 0.25) is 0 Å². The van der Waals surface area contributed by atoms with Crippen LogP contribution in [0, 0.1) is 0 Å². The zero-order valence-electron chi connectivity index (χ0n) is 14.5. The molecule has 0 aromatic heterocycles. The predicted octanol–water partition coefficient (Wildman–Crippen LogP) is 0.648. The van der Waals surface area contributed by atoms with Crippen LogP contribution in [-0.4, -0.2) is 37.7 Å². The Kier molecular flexibility index (Phi) is 6.89. The second-order valence-corrected chi connectivity index (χ2v) is 5.18. The lowest BCUT2D eigenvalue weighted by molar-refractivity contribution is -0.136. The lowest BCUT2D eigenvalue weighted by Crippen LogP contribution is -2.32. The summed E-state index contributed by atoms with van der Waals surface area (Å²) in [5.41, 5.74) is 8.05. The summed E-state index contributed by atoms with van der Waals surface area (Å²) < 4.78 is 10.3. The third kappa shape index (κ3) is 6.16. The molecule has 0 aliphatic heterocycles. The largest absolute Gasteiger partial charge is 0.497 e. The van der Waals surface area contributed by atoms with Gasteiger partial charge < -0.3 is 20.5 Å². The van der Waals surface area contributed by atoms with Crippen LogP contribution in [0.1, 0.15) is 5.56 Å². The Labute approximate surface area is 155 Å². The van der Waals surface area contributed by atoms with Gasteiger partial charge in [0.25, 0.3) is 5.91 Å². The highest BCUT2D eigenvalue weighted by Gasteiger charge is 2.13. The van der Waals surface area contributed by atoms with Gasteiger partial charge in [0.05, 0.1) is 13.3 Å². The van der Waals surface area contributed by atoms with Crippen molar-refractivity contribution >= 4 is 29.6 Å². The van der Waals surface area contributed by atoms with Crippen molar-refractivity contribution in [2.75, 3.05) is 19.0 Å². The number of benzene rings is 2. The number of anilines is 1. The molecule has 140 valence electrons. The number of nitrogens with zero attached hydrogens (tertiary/aromatic N) is 1. The smallest absolute Gasteiger partial charge is 0.329 e. The standard InChI is InChI=1S/C18H18N4O5/c1-26-14-7-4-6-13(9-14)21-17(24)18(25)22-20-10-12-5-2-3-8-15(12)27-11-16(19)23/h2-10H,11H2,1H3,(H2,19,23)(H,21,24)(H,22,25)/b20-10-. The van der Waals surface area contributed by atoms with Gasteiger partial charge in [-0.2, -0.15) is 5.10 Å². The maximum absolute atomic E-state index is 11.9. The molecule has 0 fully saturated rings. The molecule has 2 rings (SSSR count). The quantitative estimate of drug-likeness (QED) is 0.374. The van der Waals surface area contributed by atoms with Crippen molar-refractivity contribution in [1.82, 2.24) is 5.43 Å². The van der Waals surface area contributed by atoms with E-state index in [2.05, 4.69) is 15.8 Å². The summed E-state index contributed by atoms with van der Waals surface area (Å²) in [5, 5.41) is 6.15. The Morgan fingerprint density at radius 3 is 2.63 bits per heavy atom. The van der Waals surface area contributed by atoms with Gasteiger partial charge in [-0.3, -0.25) is 14.4 Å². The molecular weight excluding hydrogens is 352 g/mol. The minimum Gasteiger partial charge on any atom is -0.497 e. The first kappa shape index (κ1) is 19.4. The average Bonchev–Trinajstić information content (AvgIpc) is 2.67. The van der Waals surface area contributed by atoms with E-state index in [0.717, 1.165) is 0 Å². The van der Waals surface area contributed by atoms with E-state index in [-0.39, 0.29) is 6.61 Å². The number of primary amides is 1. The Bertz CT molecular complexity index is 866. The number of amides is 3. The van der Waals surface area contributed by atoms with Gasteiger partial charge >= 0.3 is 11.8 Å². The molecule has 0 spiro atoms. The van der Waals surface area contributed by atoms with Crippen molar-refractivity contribution < 1.29 is 23.9 Å². The number of ether oxygens (including phenoxy) is 2. The van der Waals surface area contributed by atoms with Gasteiger partial charge in [0.1, 0.15) is 11.5 Å². The highest BCUT2D eigenvalue weighted by molar-refractivity contribution is 6.39. The lowest BCUT2D eigenvalue weighted by atomic mass is 10.2. The normalized spacial score (nSPS) is 10.3. The summed E-state index contributed by atoms with van der Waals surface area (Å²) in [6.07, 6.45) is 1.28. The molecule has 3 amide bonds. The monoisotopic (exact) mass is 370 g/mol. The minimum atomic E-state index is -0.954. The topological polar surface area (TPSA) is 132 Å². The third-order valence-electron chi connectivity index (χ3n) is 3.19. The van der Waals surface area contributed by atoms with E-state index < -0.39 is 17.7 Å². The van der Waals surface area contributed by atoms with Crippen LogP contribution in [0.4, 0.5) is 5.69 Å². The Morgan fingerprint density at radius 2 is 1.89 bits per heavy atom. The Morgan fingerprint density at radius 1 is 1.11 bits per heavy atom. The number of methoxy groups -OCH3 is 1. The maximum Gasteiger partial charge on any atom is 0.329 e. The molecule has 0 atom stereocenters. The second kappa shape index (κ2) is 9.56. The van der Waals surface area contributed by atoms with Crippen LogP contribution in [0.3, 0.4) is 0 Å². The van der Waals surface area contributed by atoms with E-state index in [4.69, 9.17) is 15.2 Å². The number of hydrogen-bond donors (Lipinski definition) is 3. The zero-order chi connectivity index (χ0) is 19.6. The maximum atomic E-state index is 11.9. The molecule has 0 unspecified atom stereocenters. The molecule has 0 bridgehead atoms. The first-order valence-electron chi connectivity index (χ1n) is 7.78. The molecule has 9 nitrogen and oxygen atoms in total. The average molecular weight is 370 g/mol. The van der Waals surface area contributed by atoms with Gasteiger partial charge in [-0.15, -0.1) is 0 Å². The first-order valence-corrected chi connectivity index (χ1v) is 7.78. The van der Waals surface area contributed by atoms with Gasteiger partial charge in [0.15, 0.2) is 6.61 Å². The van der Waals surface area contributed by atoms with Crippen LogP contribution in [0.25, 0.3) is 0 Å². The molecule has 0 aliphatic rings. The van der Waals surface area contributed by atoms with Crippen LogP contribution in [0.5, 0.6) is 11.5 Å². The number of hydrazone groups is 1. The van der Waals surface area contributed by atoms with Crippen LogP contribution in [0.15, 0.2) is 53.6 Å². The lowest BCUT2D eigenvalue weighted by Gasteiger charge is -2.07. The van der Waals surface area contributed by atoms with Crippen LogP contribution < -0.4 is 25.9 Å². The van der Waals surface area contributed by atoms with Gasteiger partial charge in [-0.1, -0.05) is 18.2 Å². The fourth-order valence-corrected chi connectivity index (χ4v) is 1.97. The van der Waals surface area contributed by atoms with E-state index in [1.165, 1.54) is 13.3 Å². The Hall–Kier alpha value is -3.88. The van der Waals surface area contributed by atoms with E-state index >= 15 is 0 Å². The summed E-state index contributed by atoms with van der Waals surface area (Å²) in [4.78, 5) is 34.5. The van der Waals surface area contributed by atoms with E-state index in [1.807, 2.05) is 0 Å². The third-order valence-corrected chi connectivity index (χ3v) is 3.19. The summed E-state index contributed by atoms with van der Waals surface area (Å²) in [6, 6.07) is 13.3. The van der Waals surface area contributed by atoms with Crippen LogP contribution in [0.2, 0.25) is 0 Å². The second-order valence-electron chi connectivity index (χ2n) is 5.18. The first-order chi connectivity index (χ1) is 13.0. The molecule has 27 heavy (non-hydrogen) atoms. The summed E-state index contributed by atoms with van der Waals surface area (Å²) >= 11 is 0. The van der Waals surface area contributed by atoms with E-state index in [1.54, 1.807) is 48.5 Å². The summed E-state index contributed by atoms with van der Waals surface area (Å²) in [5.74, 6) is -1.57. The van der Waals surface area contributed by atoms with Gasteiger partial charge in [-0.05, 0) is 24.3 Å².